The monoisotopic (exact) mass is 323 g/mol. The third kappa shape index (κ3) is 3.66. The molecule has 2 N–H and O–H groups in total. The van der Waals surface area contributed by atoms with Crippen LogP contribution in [0.4, 0.5) is 10.7 Å². The van der Waals surface area contributed by atoms with Gasteiger partial charge in [-0.1, -0.05) is 18.3 Å². The maximum absolute atomic E-state index is 12.2. The number of likely N-dealkylation sites (N-methyl/N-ethyl adjacent to an activating group) is 1. The van der Waals surface area contributed by atoms with Crippen LogP contribution in [0.15, 0.2) is 10.3 Å². The van der Waals surface area contributed by atoms with Crippen LogP contribution < -0.4 is 5.32 Å². The van der Waals surface area contributed by atoms with E-state index in [1.54, 1.807) is 0 Å². The molecule has 0 unspecified atom stereocenters. The van der Waals surface area contributed by atoms with E-state index in [2.05, 4.69) is 5.32 Å². The van der Waals surface area contributed by atoms with Gasteiger partial charge in [-0.15, -0.1) is 0 Å². The number of anilines is 1. The molecular weight excluding hydrogens is 306 g/mol. The van der Waals surface area contributed by atoms with Crippen LogP contribution >= 0.6 is 11.3 Å². The molecule has 0 fully saturated rings. The van der Waals surface area contributed by atoms with E-state index in [1.165, 1.54) is 7.05 Å². The molecule has 0 spiro atoms. The van der Waals surface area contributed by atoms with Crippen molar-refractivity contribution in [3.8, 4) is 0 Å². The molecule has 114 valence electrons. The van der Waals surface area contributed by atoms with Gasteiger partial charge >= 0.3 is 5.69 Å². The lowest BCUT2D eigenvalue weighted by molar-refractivity contribution is -0.383. The summed E-state index contributed by atoms with van der Waals surface area (Å²) in [4.78, 5) is 10.3. The molecule has 0 amide bonds. The summed E-state index contributed by atoms with van der Waals surface area (Å²) in [6.45, 7) is 2.04. The van der Waals surface area contributed by atoms with E-state index in [-0.39, 0.29) is 28.0 Å². The smallest absolute Gasteiger partial charge is 0.304 e. The number of hydrogen-bond acceptors (Lipinski definition) is 7. The Morgan fingerprint density at radius 2 is 2.20 bits per heavy atom. The largest absolute Gasteiger partial charge is 0.395 e. The molecular formula is C10H17N3O5S2. The zero-order valence-corrected chi connectivity index (χ0v) is 12.8. The lowest BCUT2D eigenvalue weighted by Gasteiger charge is -2.13. The van der Waals surface area contributed by atoms with Crippen molar-refractivity contribution < 1.29 is 18.4 Å². The summed E-state index contributed by atoms with van der Waals surface area (Å²) in [7, 11) is -2.50. The van der Waals surface area contributed by atoms with E-state index in [1.807, 2.05) is 6.92 Å². The summed E-state index contributed by atoms with van der Waals surface area (Å²) in [6, 6.07) is 1.05. The molecule has 0 atom stereocenters. The van der Waals surface area contributed by atoms with Gasteiger partial charge in [0.2, 0.25) is 0 Å². The number of thiophene rings is 1. The molecule has 1 aromatic rings. The van der Waals surface area contributed by atoms with Gasteiger partial charge in [0.25, 0.3) is 10.0 Å². The molecule has 8 nitrogen and oxygen atoms in total. The minimum atomic E-state index is -3.81. The zero-order valence-electron chi connectivity index (χ0n) is 11.2. The number of sulfonamides is 1. The molecule has 1 heterocycles. The number of rotatable bonds is 8. The second kappa shape index (κ2) is 6.97. The highest BCUT2D eigenvalue weighted by Crippen LogP contribution is 2.37. The molecule has 0 saturated heterocycles. The molecule has 10 heteroatoms. The molecule has 0 radical (unpaired) electrons. The van der Waals surface area contributed by atoms with Gasteiger partial charge in [-0.25, -0.2) is 8.42 Å². The first-order chi connectivity index (χ1) is 9.34. The minimum absolute atomic E-state index is 0.0637. The molecule has 0 saturated carbocycles. The molecule has 1 rings (SSSR count). The van der Waals surface area contributed by atoms with Crippen LogP contribution in [-0.2, 0) is 10.0 Å². The van der Waals surface area contributed by atoms with Crippen molar-refractivity contribution in [1.82, 2.24) is 4.31 Å². The van der Waals surface area contributed by atoms with E-state index < -0.39 is 14.9 Å². The Labute approximate surface area is 121 Å². The van der Waals surface area contributed by atoms with Crippen LogP contribution in [0.2, 0.25) is 0 Å². The summed E-state index contributed by atoms with van der Waals surface area (Å²) in [5.74, 6) is 0. The summed E-state index contributed by atoms with van der Waals surface area (Å²) in [6.07, 6.45) is 0.765. The first-order valence-electron chi connectivity index (χ1n) is 5.93. The van der Waals surface area contributed by atoms with Crippen molar-refractivity contribution in [3.05, 3.63) is 16.2 Å². The van der Waals surface area contributed by atoms with Gasteiger partial charge in [0.05, 0.1) is 11.5 Å². The van der Waals surface area contributed by atoms with Crippen molar-refractivity contribution in [2.75, 3.05) is 32.1 Å². The number of nitro groups is 1. The fourth-order valence-electron chi connectivity index (χ4n) is 1.40. The first-order valence-corrected chi connectivity index (χ1v) is 8.19. The van der Waals surface area contributed by atoms with E-state index in [0.717, 1.165) is 28.1 Å². The standard InChI is InChI=1S/C10H17N3O5S2/c1-3-4-11-10-8(13(15)16)7-9(19-10)20(17,18)12(2)5-6-14/h7,11,14H,3-6H2,1-2H3. The third-order valence-electron chi connectivity index (χ3n) is 2.50. The van der Waals surface area contributed by atoms with Gasteiger partial charge in [-0.2, -0.15) is 4.31 Å². The summed E-state index contributed by atoms with van der Waals surface area (Å²) in [5, 5.41) is 22.8. The van der Waals surface area contributed by atoms with Crippen LogP contribution in [0.25, 0.3) is 0 Å². The van der Waals surface area contributed by atoms with Crippen molar-refractivity contribution in [2.24, 2.45) is 0 Å². The number of aliphatic hydroxyl groups is 1. The number of nitrogens with zero attached hydrogens (tertiary/aromatic N) is 2. The third-order valence-corrected chi connectivity index (χ3v) is 5.89. The van der Waals surface area contributed by atoms with Crippen molar-refractivity contribution in [3.63, 3.8) is 0 Å². The highest BCUT2D eigenvalue weighted by Gasteiger charge is 2.28. The molecule has 0 bridgehead atoms. The van der Waals surface area contributed by atoms with Gasteiger partial charge in [0.15, 0.2) is 5.00 Å². The van der Waals surface area contributed by atoms with Gasteiger partial charge < -0.3 is 10.4 Å². The predicted octanol–water partition coefficient (Wildman–Crippen LogP) is 1.09. The quantitative estimate of drug-likeness (QED) is 0.547. The lowest BCUT2D eigenvalue weighted by atomic mass is 10.4. The highest BCUT2D eigenvalue weighted by atomic mass is 32.2. The molecule has 0 aliphatic carbocycles. The fraction of sp³-hybridized carbons (Fsp3) is 0.600. The van der Waals surface area contributed by atoms with Crippen LogP contribution in [0.5, 0.6) is 0 Å². The Kier molecular flexibility index (Phi) is 5.87. The van der Waals surface area contributed by atoms with Gasteiger partial charge in [0.1, 0.15) is 4.21 Å². The Morgan fingerprint density at radius 3 is 2.70 bits per heavy atom. The number of nitrogens with one attached hydrogen (secondary N) is 1. The van der Waals surface area contributed by atoms with Gasteiger partial charge in [0, 0.05) is 26.2 Å². The van der Waals surface area contributed by atoms with Crippen LogP contribution in [0.3, 0.4) is 0 Å². The summed E-state index contributed by atoms with van der Waals surface area (Å²) in [5.41, 5.74) is -0.251. The Morgan fingerprint density at radius 1 is 1.55 bits per heavy atom. The Balaban J connectivity index is 3.16. The Bertz CT molecular complexity index is 569. The first kappa shape index (κ1) is 16.8. The van der Waals surface area contributed by atoms with Gasteiger partial charge in [-0.3, -0.25) is 10.1 Å². The maximum atomic E-state index is 12.2. The number of hydrogen-bond donors (Lipinski definition) is 2. The molecule has 0 aromatic carbocycles. The van der Waals surface area contributed by atoms with Crippen molar-refractivity contribution in [2.45, 2.75) is 17.6 Å². The average Bonchev–Trinajstić information content (AvgIpc) is 2.81. The molecule has 20 heavy (non-hydrogen) atoms. The van der Waals surface area contributed by atoms with E-state index in [4.69, 9.17) is 5.11 Å². The van der Waals surface area contributed by atoms with E-state index >= 15 is 0 Å². The van der Waals surface area contributed by atoms with E-state index in [9.17, 15) is 18.5 Å². The van der Waals surface area contributed by atoms with E-state index in [0.29, 0.717) is 6.54 Å². The Hall–Kier alpha value is -1.23. The second-order valence-electron chi connectivity index (χ2n) is 4.01. The summed E-state index contributed by atoms with van der Waals surface area (Å²) < 4.78 is 25.2. The number of aliphatic hydroxyl groups excluding tert-OH is 1. The molecule has 1 aromatic heterocycles. The minimum Gasteiger partial charge on any atom is -0.395 e. The second-order valence-corrected chi connectivity index (χ2v) is 7.34. The van der Waals surface area contributed by atoms with Crippen LogP contribution in [-0.4, -0.2) is 49.5 Å². The topological polar surface area (TPSA) is 113 Å². The van der Waals surface area contributed by atoms with Gasteiger partial charge in [-0.05, 0) is 6.42 Å². The summed E-state index contributed by atoms with van der Waals surface area (Å²) >= 11 is 0.825. The van der Waals surface area contributed by atoms with Crippen molar-refractivity contribution in [1.29, 1.82) is 0 Å². The molecule has 0 aliphatic rings. The van der Waals surface area contributed by atoms with Crippen molar-refractivity contribution >= 4 is 32.0 Å². The lowest BCUT2D eigenvalue weighted by Crippen LogP contribution is -2.29. The average molecular weight is 323 g/mol. The van der Waals surface area contributed by atoms with Crippen LogP contribution in [0.1, 0.15) is 13.3 Å². The highest BCUT2D eigenvalue weighted by molar-refractivity contribution is 7.91. The van der Waals surface area contributed by atoms with Crippen LogP contribution in [0, 0.1) is 10.1 Å². The molecule has 0 aliphatic heterocycles. The normalized spacial score (nSPS) is 11.8. The fourth-order valence-corrected chi connectivity index (χ4v) is 4.13. The predicted molar refractivity (Wildman–Crippen MR) is 76.7 cm³/mol. The SMILES string of the molecule is CCCNc1sc(S(=O)(=O)N(C)CCO)cc1[N+](=O)[O-]. The zero-order chi connectivity index (χ0) is 15.3. The maximum Gasteiger partial charge on any atom is 0.304 e.